The summed E-state index contributed by atoms with van der Waals surface area (Å²) in [6.45, 7) is 0. The molecule has 20 heavy (non-hydrogen) atoms. The first-order valence-electron chi connectivity index (χ1n) is 5.74. The first kappa shape index (κ1) is 14.5. The van der Waals surface area contributed by atoms with E-state index < -0.39 is 11.6 Å². The minimum absolute atomic E-state index is 0.151. The summed E-state index contributed by atoms with van der Waals surface area (Å²) in [5.41, 5.74) is 13.2. The fourth-order valence-corrected chi connectivity index (χ4v) is 2.44. The van der Waals surface area contributed by atoms with Crippen molar-refractivity contribution in [1.82, 2.24) is 0 Å². The Balaban J connectivity index is 2.42. The molecule has 2 aromatic rings. The van der Waals surface area contributed by atoms with E-state index in [0.717, 1.165) is 11.6 Å². The lowest BCUT2D eigenvalue weighted by Gasteiger charge is -2.10. The largest absolute Gasteiger partial charge is 0.398 e. The molecule has 104 valence electrons. The maximum Gasteiger partial charge on any atom is 0.126 e. The summed E-state index contributed by atoms with van der Waals surface area (Å²) in [4.78, 5) is 0. The number of amidine groups is 1. The molecule has 0 aliphatic carbocycles. The zero-order valence-electron chi connectivity index (χ0n) is 10.4. The lowest BCUT2D eigenvalue weighted by Crippen LogP contribution is -2.14. The van der Waals surface area contributed by atoms with Crippen LogP contribution >= 0.6 is 15.9 Å². The quantitative estimate of drug-likeness (QED) is 0.456. The molecule has 0 saturated carbocycles. The number of hydrogen-bond donors (Lipinski definition) is 3. The number of rotatable bonds is 3. The van der Waals surface area contributed by atoms with Gasteiger partial charge in [0.1, 0.15) is 17.5 Å². The molecule has 0 aliphatic rings. The van der Waals surface area contributed by atoms with Crippen LogP contribution in [0.25, 0.3) is 0 Å². The number of anilines is 1. The Kier molecular flexibility index (Phi) is 4.04. The van der Waals surface area contributed by atoms with Gasteiger partial charge in [-0.25, -0.2) is 8.78 Å². The molecule has 0 bridgehead atoms. The van der Waals surface area contributed by atoms with Crippen LogP contribution in [0.2, 0.25) is 0 Å². The van der Waals surface area contributed by atoms with Crippen molar-refractivity contribution < 1.29 is 8.78 Å². The van der Waals surface area contributed by atoms with E-state index in [9.17, 15) is 8.78 Å². The highest BCUT2D eigenvalue weighted by molar-refractivity contribution is 9.10. The lowest BCUT2D eigenvalue weighted by molar-refractivity contribution is 0.580. The van der Waals surface area contributed by atoms with Crippen LogP contribution < -0.4 is 11.5 Å². The molecule has 5 N–H and O–H groups in total. The summed E-state index contributed by atoms with van der Waals surface area (Å²) in [6, 6.07) is 6.62. The predicted molar refractivity (Wildman–Crippen MR) is 78.7 cm³/mol. The van der Waals surface area contributed by atoms with Crippen molar-refractivity contribution in [3.63, 3.8) is 0 Å². The molecule has 6 heteroatoms. The Morgan fingerprint density at radius 1 is 1.10 bits per heavy atom. The molecule has 0 saturated heterocycles. The molecule has 2 rings (SSSR count). The average molecular weight is 340 g/mol. The third kappa shape index (κ3) is 3.14. The van der Waals surface area contributed by atoms with Crippen LogP contribution in [0, 0.1) is 17.0 Å². The Morgan fingerprint density at radius 2 is 1.70 bits per heavy atom. The van der Waals surface area contributed by atoms with E-state index in [4.69, 9.17) is 16.9 Å². The van der Waals surface area contributed by atoms with Crippen molar-refractivity contribution in [3.8, 4) is 0 Å². The predicted octanol–water partition coefficient (Wildman–Crippen LogP) is 3.18. The minimum Gasteiger partial charge on any atom is -0.398 e. The van der Waals surface area contributed by atoms with E-state index in [0.29, 0.717) is 27.7 Å². The zero-order chi connectivity index (χ0) is 14.9. The van der Waals surface area contributed by atoms with Crippen LogP contribution in [0.5, 0.6) is 0 Å². The number of nitrogens with two attached hydrogens (primary N) is 2. The molecule has 0 spiro atoms. The van der Waals surface area contributed by atoms with Gasteiger partial charge in [0.15, 0.2) is 0 Å². The van der Waals surface area contributed by atoms with Gasteiger partial charge in [0, 0.05) is 21.8 Å². The number of nitrogens with one attached hydrogen (secondary N) is 1. The van der Waals surface area contributed by atoms with Crippen LogP contribution in [0.4, 0.5) is 14.5 Å². The summed E-state index contributed by atoms with van der Waals surface area (Å²) >= 11 is 3.35. The summed E-state index contributed by atoms with van der Waals surface area (Å²) < 4.78 is 27.1. The van der Waals surface area contributed by atoms with Crippen LogP contribution in [0.1, 0.15) is 16.7 Å². The number of benzene rings is 2. The molecule has 3 nitrogen and oxygen atoms in total. The van der Waals surface area contributed by atoms with E-state index in [2.05, 4.69) is 15.9 Å². The second-order valence-electron chi connectivity index (χ2n) is 4.40. The maximum absolute atomic E-state index is 13.2. The topological polar surface area (TPSA) is 75.9 Å². The summed E-state index contributed by atoms with van der Waals surface area (Å²) in [5, 5.41) is 7.45. The van der Waals surface area contributed by atoms with Gasteiger partial charge in [-0.15, -0.1) is 0 Å². The molecular formula is C14H12BrF2N3. The second kappa shape index (κ2) is 5.58. The van der Waals surface area contributed by atoms with Gasteiger partial charge in [-0.3, -0.25) is 5.41 Å². The molecule has 0 atom stereocenters. The Labute approximate surface area is 123 Å². The molecule has 2 aromatic carbocycles. The van der Waals surface area contributed by atoms with E-state index >= 15 is 0 Å². The third-order valence-electron chi connectivity index (χ3n) is 2.83. The Hall–Kier alpha value is -1.95. The van der Waals surface area contributed by atoms with Gasteiger partial charge < -0.3 is 11.5 Å². The van der Waals surface area contributed by atoms with Gasteiger partial charge in [0.25, 0.3) is 0 Å². The monoisotopic (exact) mass is 339 g/mol. The summed E-state index contributed by atoms with van der Waals surface area (Å²) in [5.74, 6) is -1.40. The zero-order valence-corrected chi connectivity index (χ0v) is 12.0. The molecular weight excluding hydrogens is 328 g/mol. The van der Waals surface area contributed by atoms with Gasteiger partial charge >= 0.3 is 0 Å². The summed E-state index contributed by atoms with van der Waals surface area (Å²) in [7, 11) is 0. The Bertz CT molecular complexity index is 666. The van der Waals surface area contributed by atoms with Gasteiger partial charge in [0.2, 0.25) is 0 Å². The van der Waals surface area contributed by atoms with Gasteiger partial charge in [0.05, 0.1) is 0 Å². The fourth-order valence-electron chi connectivity index (χ4n) is 1.94. The smallest absolute Gasteiger partial charge is 0.126 e. The van der Waals surface area contributed by atoms with Crippen LogP contribution in [-0.4, -0.2) is 5.84 Å². The number of halogens is 3. The molecule has 0 aromatic heterocycles. The van der Waals surface area contributed by atoms with Crippen molar-refractivity contribution in [2.24, 2.45) is 5.73 Å². The van der Waals surface area contributed by atoms with Crippen molar-refractivity contribution in [1.29, 1.82) is 5.41 Å². The molecule has 0 aliphatic heterocycles. The first-order chi connectivity index (χ1) is 9.36. The number of nitrogen functional groups attached to an aromatic ring is 2. The van der Waals surface area contributed by atoms with Crippen LogP contribution in [0.3, 0.4) is 0 Å². The minimum atomic E-state index is -0.627. The van der Waals surface area contributed by atoms with Gasteiger partial charge in [-0.2, -0.15) is 0 Å². The standard InChI is InChI=1S/C14H12BrF2N3/c15-12-6-13(18)11(14(19)20)4-8(12)1-7-2-9(16)5-10(17)3-7/h2-6H,1,18H2,(H3,19,20). The SMILES string of the molecule is N=C(N)c1cc(Cc2cc(F)cc(F)c2)c(Br)cc1N. The summed E-state index contributed by atoms with van der Waals surface area (Å²) in [6.07, 6.45) is 0.301. The number of hydrogen-bond acceptors (Lipinski definition) is 2. The van der Waals surface area contributed by atoms with Crippen LogP contribution in [-0.2, 0) is 6.42 Å². The Morgan fingerprint density at radius 3 is 2.25 bits per heavy atom. The highest BCUT2D eigenvalue weighted by Gasteiger charge is 2.10. The molecule has 0 amide bonds. The van der Waals surface area contributed by atoms with Crippen molar-refractivity contribution in [3.05, 3.63) is 63.1 Å². The highest BCUT2D eigenvalue weighted by atomic mass is 79.9. The molecule has 0 fully saturated rings. The molecule has 0 heterocycles. The average Bonchev–Trinajstić information content (AvgIpc) is 2.30. The first-order valence-corrected chi connectivity index (χ1v) is 6.53. The normalized spacial score (nSPS) is 10.6. The molecule has 0 radical (unpaired) electrons. The highest BCUT2D eigenvalue weighted by Crippen LogP contribution is 2.26. The van der Waals surface area contributed by atoms with Gasteiger partial charge in [-0.05, 0) is 41.8 Å². The second-order valence-corrected chi connectivity index (χ2v) is 5.25. The lowest BCUT2D eigenvalue weighted by atomic mass is 10.0. The van der Waals surface area contributed by atoms with E-state index in [1.807, 2.05) is 0 Å². The van der Waals surface area contributed by atoms with Crippen LogP contribution in [0.15, 0.2) is 34.8 Å². The van der Waals surface area contributed by atoms with Crippen molar-refractivity contribution >= 4 is 27.5 Å². The van der Waals surface area contributed by atoms with E-state index in [1.54, 1.807) is 12.1 Å². The van der Waals surface area contributed by atoms with Crippen molar-refractivity contribution in [2.75, 3.05) is 5.73 Å². The molecule has 0 unspecified atom stereocenters. The van der Waals surface area contributed by atoms with E-state index in [1.165, 1.54) is 12.1 Å². The van der Waals surface area contributed by atoms with Gasteiger partial charge in [-0.1, -0.05) is 15.9 Å². The fraction of sp³-hybridized carbons (Fsp3) is 0.0714. The maximum atomic E-state index is 13.2. The third-order valence-corrected chi connectivity index (χ3v) is 3.56. The van der Waals surface area contributed by atoms with E-state index in [-0.39, 0.29) is 5.84 Å². The van der Waals surface area contributed by atoms with Crippen molar-refractivity contribution in [2.45, 2.75) is 6.42 Å².